The second kappa shape index (κ2) is 13.1. The van der Waals surface area contributed by atoms with E-state index in [4.69, 9.17) is 10.5 Å². The van der Waals surface area contributed by atoms with Crippen LogP contribution in [-0.2, 0) is 19.1 Å². The standard InChI is InChI=1S/C26H42N4O6/c1-8-9-15-30(21(22(33)29-25(2,3)4)17-11-10-12-18(31)16-17)23(34)19(13-14-20(27)32)28-24(35)36-26(5,6)7/h10-12,16,19,21,31H,8-9,13-15H2,1-7H3,(H2,27,32)(H,28,35)(H,29,33). The van der Waals surface area contributed by atoms with Gasteiger partial charge in [0.25, 0.3) is 0 Å². The highest BCUT2D eigenvalue weighted by Gasteiger charge is 2.37. The molecule has 1 rings (SSSR count). The van der Waals surface area contributed by atoms with Crippen LogP contribution in [0.4, 0.5) is 4.79 Å². The summed E-state index contributed by atoms with van der Waals surface area (Å²) in [6.07, 6.45) is 0.276. The second-order valence-corrected chi connectivity index (χ2v) is 10.8. The maximum Gasteiger partial charge on any atom is 0.408 e. The molecule has 0 bridgehead atoms. The Labute approximate surface area is 213 Å². The van der Waals surface area contributed by atoms with Crippen molar-refractivity contribution < 1.29 is 29.0 Å². The summed E-state index contributed by atoms with van der Waals surface area (Å²) in [5, 5.41) is 15.6. The number of ether oxygens (including phenoxy) is 1. The van der Waals surface area contributed by atoms with Crippen LogP contribution in [0.3, 0.4) is 0 Å². The molecule has 202 valence electrons. The van der Waals surface area contributed by atoms with Crippen molar-refractivity contribution in [2.75, 3.05) is 6.54 Å². The Morgan fingerprint density at radius 2 is 1.75 bits per heavy atom. The highest BCUT2D eigenvalue weighted by molar-refractivity contribution is 5.92. The molecular formula is C26H42N4O6. The van der Waals surface area contributed by atoms with Crippen molar-refractivity contribution in [2.45, 2.75) is 97.4 Å². The van der Waals surface area contributed by atoms with Crippen LogP contribution in [0.15, 0.2) is 24.3 Å². The first kappa shape index (κ1) is 30.7. The van der Waals surface area contributed by atoms with Crippen molar-refractivity contribution in [3.8, 4) is 5.75 Å². The Morgan fingerprint density at radius 3 is 2.25 bits per heavy atom. The molecule has 0 fully saturated rings. The first-order chi connectivity index (χ1) is 16.5. The fourth-order valence-electron chi connectivity index (χ4n) is 3.49. The summed E-state index contributed by atoms with van der Waals surface area (Å²) in [7, 11) is 0. The van der Waals surface area contributed by atoms with Gasteiger partial charge >= 0.3 is 6.09 Å². The van der Waals surface area contributed by atoms with Gasteiger partial charge in [-0.1, -0.05) is 25.5 Å². The monoisotopic (exact) mass is 506 g/mol. The maximum absolute atomic E-state index is 13.9. The summed E-state index contributed by atoms with van der Waals surface area (Å²) in [6, 6.07) is 3.89. The third-order valence-corrected chi connectivity index (χ3v) is 4.95. The minimum absolute atomic E-state index is 0.0545. The molecule has 2 unspecified atom stereocenters. The van der Waals surface area contributed by atoms with Gasteiger partial charge in [-0.3, -0.25) is 14.4 Å². The van der Waals surface area contributed by atoms with Crippen molar-refractivity contribution in [3.63, 3.8) is 0 Å². The van der Waals surface area contributed by atoms with Gasteiger partial charge in [-0.25, -0.2) is 4.79 Å². The fourth-order valence-corrected chi connectivity index (χ4v) is 3.49. The molecule has 2 atom stereocenters. The number of carbonyl (C=O) groups is 4. The Morgan fingerprint density at radius 1 is 1.11 bits per heavy atom. The number of primary amides is 1. The predicted octanol–water partition coefficient (Wildman–Crippen LogP) is 3.14. The molecule has 10 heteroatoms. The Balaban J connectivity index is 3.51. The summed E-state index contributed by atoms with van der Waals surface area (Å²) in [6.45, 7) is 12.7. The average Bonchev–Trinajstić information content (AvgIpc) is 2.70. The van der Waals surface area contributed by atoms with Crippen LogP contribution in [0.1, 0.15) is 85.8 Å². The number of nitrogens with one attached hydrogen (secondary N) is 2. The van der Waals surface area contributed by atoms with E-state index in [-0.39, 0.29) is 25.1 Å². The zero-order valence-electron chi connectivity index (χ0n) is 22.5. The number of carbonyl (C=O) groups excluding carboxylic acids is 4. The van der Waals surface area contributed by atoms with Crippen LogP contribution in [0, 0.1) is 0 Å². The van der Waals surface area contributed by atoms with Gasteiger partial charge in [0.2, 0.25) is 17.7 Å². The zero-order chi connectivity index (χ0) is 27.7. The zero-order valence-corrected chi connectivity index (χ0v) is 22.5. The molecule has 10 nitrogen and oxygen atoms in total. The number of aromatic hydroxyl groups is 1. The quantitative estimate of drug-likeness (QED) is 0.362. The molecule has 0 aliphatic heterocycles. The lowest BCUT2D eigenvalue weighted by molar-refractivity contribution is -0.143. The number of unbranched alkanes of at least 4 members (excludes halogenated alkanes) is 1. The normalized spacial score (nSPS) is 13.3. The van der Waals surface area contributed by atoms with Gasteiger partial charge < -0.3 is 31.1 Å². The van der Waals surface area contributed by atoms with E-state index >= 15 is 0 Å². The molecule has 4 amide bonds. The number of hydrogen-bond donors (Lipinski definition) is 4. The van der Waals surface area contributed by atoms with Crippen molar-refractivity contribution >= 4 is 23.8 Å². The molecule has 0 saturated heterocycles. The van der Waals surface area contributed by atoms with Crippen LogP contribution in [0.25, 0.3) is 0 Å². The van der Waals surface area contributed by atoms with Crippen LogP contribution >= 0.6 is 0 Å². The Bertz CT molecular complexity index is 920. The van der Waals surface area contributed by atoms with Gasteiger partial charge in [0, 0.05) is 18.5 Å². The first-order valence-electron chi connectivity index (χ1n) is 12.2. The molecule has 1 aromatic rings. The van der Waals surface area contributed by atoms with Crippen LogP contribution in [0.2, 0.25) is 0 Å². The molecular weight excluding hydrogens is 464 g/mol. The molecule has 0 aliphatic carbocycles. The lowest BCUT2D eigenvalue weighted by Crippen LogP contribution is -2.55. The number of alkyl carbamates (subject to hydrolysis) is 1. The molecule has 36 heavy (non-hydrogen) atoms. The topological polar surface area (TPSA) is 151 Å². The lowest BCUT2D eigenvalue weighted by atomic mass is 9.99. The molecule has 0 aromatic heterocycles. The van der Waals surface area contributed by atoms with E-state index in [1.165, 1.54) is 17.0 Å². The van der Waals surface area contributed by atoms with Crippen molar-refractivity contribution in [2.24, 2.45) is 5.73 Å². The van der Waals surface area contributed by atoms with Gasteiger partial charge in [-0.05, 0) is 72.1 Å². The van der Waals surface area contributed by atoms with Crippen molar-refractivity contribution in [3.05, 3.63) is 29.8 Å². The number of nitrogens with zero attached hydrogens (tertiary/aromatic N) is 1. The molecule has 0 heterocycles. The van der Waals surface area contributed by atoms with Crippen molar-refractivity contribution in [1.29, 1.82) is 0 Å². The van der Waals surface area contributed by atoms with Gasteiger partial charge in [0.15, 0.2) is 0 Å². The van der Waals surface area contributed by atoms with Crippen molar-refractivity contribution in [1.82, 2.24) is 15.5 Å². The second-order valence-electron chi connectivity index (χ2n) is 10.8. The van der Waals surface area contributed by atoms with E-state index < -0.39 is 47.0 Å². The van der Waals surface area contributed by atoms with E-state index in [1.807, 2.05) is 27.7 Å². The van der Waals surface area contributed by atoms with Gasteiger partial charge in [-0.15, -0.1) is 0 Å². The molecule has 0 radical (unpaired) electrons. The summed E-state index contributed by atoms with van der Waals surface area (Å²) in [5.74, 6) is -1.69. The number of phenolic OH excluding ortho intramolecular Hbond substituents is 1. The first-order valence-corrected chi connectivity index (χ1v) is 12.2. The van der Waals surface area contributed by atoms with E-state index in [1.54, 1.807) is 32.9 Å². The van der Waals surface area contributed by atoms with Crippen LogP contribution < -0.4 is 16.4 Å². The minimum Gasteiger partial charge on any atom is -0.508 e. The summed E-state index contributed by atoms with van der Waals surface area (Å²) in [5.41, 5.74) is 4.33. The highest BCUT2D eigenvalue weighted by Crippen LogP contribution is 2.27. The van der Waals surface area contributed by atoms with Gasteiger partial charge in [0.05, 0.1) is 0 Å². The van der Waals surface area contributed by atoms with Crippen LogP contribution in [0.5, 0.6) is 5.75 Å². The number of nitrogens with two attached hydrogens (primary N) is 1. The SMILES string of the molecule is CCCCN(C(=O)C(CCC(N)=O)NC(=O)OC(C)(C)C)C(C(=O)NC(C)(C)C)c1cccc(O)c1. The number of hydrogen-bond acceptors (Lipinski definition) is 6. The maximum atomic E-state index is 13.9. The third kappa shape index (κ3) is 11.0. The summed E-state index contributed by atoms with van der Waals surface area (Å²) >= 11 is 0. The molecule has 0 spiro atoms. The Hall–Kier alpha value is -3.30. The molecule has 0 saturated carbocycles. The molecule has 5 N–H and O–H groups in total. The van der Waals surface area contributed by atoms with E-state index in [2.05, 4.69) is 10.6 Å². The highest BCUT2D eigenvalue weighted by atomic mass is 16.6. The Kier molecular flexibility index (Phi) is 11.2. The smallest absolute Gasteiger partial charge is 0.408 e. The molecule has 1 aromatic carbocycles. The number of amides is 4. The van der Waals surface area contributed by atoms with Gasteiger partial charge in [0.1, 0.15) is 23.4 Å². The summed E-state index contributed by atoms with van der Waals surface area (Å²) in [4.78, 5) is 52.8. The fraction of sp³-hybridized carbons (Fsp3) is 0.615. The minimum atomic E-state index is -1.16. The number of benzene rings is 1. The predicted molar refractivity (Wildman–Crippen MR) is 137 cm³/mol. The number of rotatable bonds is 11. The number of phenols is 1. The average molecular weight is 507 g/mol. The van der Waals surface area contributed by atoms with E-state index in [0.717, 1.165) is 6.42 Å². The summed E-state index contributed by atoms with van der Waals surface area (Å²) < 4.78 is 5.31. The third-order valence-electron chi connectivity index (χ3n) is 4.95. The van der Waals surface area contributed by atoms with Crippen LogP contribution in [-0.4, -0.2) is 57.5 Å². The van der Waals surface area contributed by atoms with E-state index in [0.29, 0.717) is 12.0 Å². The van der Waals surface area contributed by atoms with E-state index in [9.17, 15) is 24.3 Å². The molecule has 0 aliphatic rings. The van der Waals surface area contributed by atoms with Gasteiger partial charge in [-0.2, -0.15) is 0 Å². The lowest BCUT2D eigenvalue weighted by Gasteiger charge is -2.36. The largest absolute Gasteiger partial charge is 0.508 e.